The van der Waals surface area contributed by atoms with Crippen molar-refractivity contribution in [2.75, 3.05) is 0 Å². The van der Waals surface area contributed by atoms with Gasteiger partial charge in [0.25, 0.3) is 5.91 Å². The van der Waals surface area contributed by atoms with E-state index in [0.29, 0.717) is 18.4 Å². The maximum Gasteiger partial charge on any atom is 0.326 e. The molecule has 2 heterocycles. The van der Waals surface area contributed by atoms with Gasteiger partial charge in [-0.2, -0.15) is 0 Å². The summed E-state index contributed by atoms with van der Waals surface area (Å²) < 4.78 is 0. The lowest BCUT2D eigenvalue weighted by atomic mass is 10.0. The zero-order chi connectivity index (χ0) is 17.6. The Morgan fingerprint density at radius 2 is 1.76 bits per heavy atom. The van der Waals surface area contributed by atoms with E-state index in [-0.39, 0.29) is 0 Å². The lowest BCUT2D eigenvalue weighted by Gasteiger charge is -2.15. The molecule has 0 spiro atoms. The number of aliphatic carboxylic acids is 1. The number of fused-ring (bicyclic) bond motifs is 1. The molecule has 0 aliphatic heterocycles. The SMILES string of the molecule is O=C(NC(CCc1ccncc1)C(=O)O)c1ccc2ccncc2c1. The first-order valence-electron chi connectivity index (χ1n) is 7.90. The lowest BCUT2D eigenvalue weighted by molar-refractivity contribution is -0.139. The van der Waals surface area contributed by atoms with Crippen molar-refractivity contribution in [3.63, 3.8) is 0 Å². The fraction of sp³-hybridized carbons (Fsp3) is 0.158. The van der Waals surface area contributed by atoms with Crippen molar-refractivity contribution >= 4 is 22.6 Å². The second-order valence-electron chi connectivity index (χ2n) is 5.70. The van der Waals surface area contributed by atoms with Crippen LogP contribution in [-0.2, 0) is 11.2 Å². The van der Waals surface area contributed by atoms with Gasteiger partial charge in [-0.15, -0.1) is 0 Å². The molecule has 1 unspecified atom stereocenters. The summed E-state index contributed by atoms with van der Waals surface area (Å²) in [6.45, 7) is 0. The number of carboxylic acids is 1. The zero-order valence-electron chi connectivity index (χ0n) is 13.4. The third-order valence-electron chi connectivity index (χ3n) is 3.98. The fourth-order valence-electron chi connectivity index (χ4n) is 2.59. The van der Waals surface area contributed by atoms with Crippen LogP contribution >= 0.6 is 0 Å². The molecule has 0 radical (unpaired) electrons. The number of hydrogen-bond acceptors (Lipinski definition) is 4. The maximum atomic E-state index is 12.4. The standard InChI is InChI=1S/C19H17N3O3/c23-18(15-3-2-14-7-10-21-12-16(14)11-15)22-17(19(24)25)4-1-13-5-8-20-9-6-13/h2-3,5-12,17H,1,4H2,(H,22,23)(H,24,25). The minimum Gasteiger partial charge on any atom is -0.480 e. The predicted molar refractivity (Wildman–Crippen MR) is 93.2 cm³/mol. The average Bonchev–Trinajstić information content (AvgIpc) is 2.65. The predicted octanol–water partition coefficient (Wildman–Crippen LogP) is 2.45. The van der Waals surface area contributed by atoms with Crippen molar-refractivity contribution in [2.45, 2.75) is 18.9 Å². The van der Waals surface area contributed by atoms with Crippen LogP contribution < -0.4 is 5.32 Å². The summed E-state index contributed by atoms with van der Waals surface area (Å²) in [4.78, 5) is 31.8. The highest BCUT2D eigenvalue weighted by atomic mass is 16.4. The van der Waals surface area contributed by atoms with E-state index in [9.17, 15) is 14.7 Å². The summed E-state index contributed by atoms with van der Waals surface area (Å²) in [5.74, 6) is -1.46. The molecule has 0 saturated heterocycles. The summed E-state index contributed by atoms with van der Waals surface area (Å²) in [6, 6.07) is 9.77. The quantitative estimate of drug-likeness (QED) is 0.722. The van der Waals surface area contributed by atoms with E-state index in [2.05, 4.69) is 15.3 Å². The third-order valence-corrected chi connectivity index (χ3v) is 3.98. The largest absolute Gasteiger partial charge is 0.480 e. The number of nitrogens with zero attached hydrogens (tertiary/aromatic N) is 2. The van der Waals surface area contributed by atoms with Crippen molar-refractivity contribution in [3.05, 3.63) is 72.3 Å². The van der Waals surface area contributed by atoms with E-state index in [1.54, 1.807) is 36.9 Å². The number of carboxylic acid groups (broad SMARTS) is 1. The van der Waals surface area contributed by atoms with Crippen molar-refractivity contribution in [2.24, 2.45) is 0 Å². The fourth-order valence-corrected chi connectivity index (χ4v) is 2.59. The Labute approximate surface area is 144 Å². The number of aromatic nitrogens is 2. The van der Waals surface area contributed by atoms with E-state index >= 15 is 0 Å². The number of nitrogens with one attached hydrogen (secondary N) is 1. The van der Waals surface area contributed by atoms with Gasteiger partial charge >= 0.3 is 5.97 Å². The van der Waals surface area contributed by atoms with Crippen LogP contribution in [0.2, 0.25) is 0 Å². The molecule has 0 fully saturated rings. The van der Waals surface area contributed by atoms with Gasteiger partial charge in [-0.05, 0) is 54.1 Å². The zero-order valence-corrected chi connectivity index (χ0v) is 13.4. The molecule has 2 N–H and O–H groups in total. The monoisotopic (exact) mass is 335 g/mol. The van der Waals surface area contributed by atoms with Crippen LogP contribution in [0.25, 0.3) is 10.8 Å². The first-order valence-corrected chi connectivity index (χ1v) is 7.90. The molecule has 126 valence electrons. The highest BCUT2D eigenvalue weighted by Gasteiger charge is 2.20. The number of benzene rings is 1. The summed E-state index contributed by atoms with van der Waals surface area (Å²) in [5.41, 5.74) is 1.39. The van der Waals surface area contributed by atoms with Gasteiger partial charge < -0.3 is 10.4 Å². The second kappa shape index (κ2) is 7.53. The molecule has 1 atom stereocenters. The van der Waals surface area contributed by atoms with E-state index in [4.69, 9.17) is 0 Å². The number of rotatable bonds is 6. The van der Waals surface area contributed by atoms with Crippen LogP contribution in [0.4, 0.5) is 0 Å². The molecular weight excluding hydrogens is 318 g/mol. The van der Waals surface area contributed by atoms with Gasteiger partial charge in [-0.3, -0.25) is 14.8 Å². The Kier molecular flexibility index (Phi) is 4.99. The van der Waals surface area contributed by atoms with E-state index < -0.39 is 17.9 Å². The van der Waals surface area contributed by atoms with Crippen molar-refractivity contribution in [1.29, 1.82) is 0 Å². The number of aryl methyl sites for hydroxylation is 1. The molecule has 1 amide bonds. The molecule has 0 aliphatic rings. The highest BCUT2D eigenvalue weighted by molar-refractivity contribution is 5.99. The third kappa shape index (κ3) is 4.17. The number of pyridine rings is 2. The molecule has 3 aromatic rings. The minimum atomic E-state index is -1.05. The van der Waals surface area contributed by atoms with Crippen LogP contribution in [0.3, 0.4) is 0 Å². The van der Waals surface area contributed by atoms with Gasteiger partial charge in [0.05, 0.1) is 0 Å². The van der Waals surface area contributed by atoms with E-state index in [0.717, 1.165) is 16.3 Å². The topological polar surface area (TPSA) is 92.2 Å². The van der Waals surface area contributed by atoms with Crippen molar-refractivity contribution in [3.8, 4) is 0 Å². The van der Waals surface area contributed by atoms with Crippen LogP contribution in [0.1, 0.15) is 22.3 Å². The summed E-state index contributed by atoms with van der Waals surface area (Å²) in [6.07, 6.45) is 7.52. The average molecular weight is 335 g/mol. The number of carbonyl (C=O) groups excluding carboxylic acids is 1. The Balaban J connectivity index is 1.70. The van der Waals surface area contributed by atoms with Crippen LogP contribution in [0, 0.1) is 0 Å². The first kappa shape index (κ1) is 16.6. The number of carbonyl (C=O) groups is 2. The van der Waals surface area contributed by atoms with Crippen molar-refractivity contribution < 1.29 is 14.7 Å². The molecular formula is C19H17N3O3. The first-order chi connectivity index (χ1) is 12.1. The second-order valence-corrected chi connectivity index (χ2v) is 5.70. The Morgan fingerprint density at radius 1 is 1.00 bits per heavy atom. The normalized spacial score (nSPS) is 11.8. The Bertz CT molecular complexity index is 897. The van der Waals surface area contributed by atoms with Gasteiger partial charge in [0, 0.05) is 35.7 Å². The van der Waals surface area contributed by atoms with Crippen LogP contribution in [0.15, 0.2) is 61.2 Å². The van der Waals surface area contributed by atoms with E-state index in [1.807, 2.05) is 24.3 Å². The number of amides is 1. The maximum absolute atomic E-state index is 12.4. The van der Waals surface area contributed by atoms with Crippen LogP contribution in [-0.4, -0.2) is 33.0 Å². The molecule has 1 aromatic carbocycles. The number of hydrogen-bond donors (Lipinski definition) is 2. The van der Waals surface area contributed by atoms with Gasteiger partial charge in [-0.25, -0.2) is 4.79 Å². The molecule has 6 heteroatoms. The molecule has 0 aliphatic carbocycles. The molecule has 6 nitrogen and oxygen atoms in total. The highest BCUT2D eigenvalue weighted by Crippen LogP contribution is 2.15. The van der Waals surface area contributed by atoms with Gasteiger partial charge in [0.15, 0.2) is 0 Å². The Morgan fingerprint density at radius 3 is 2.52 bits per heavy atom. The summed E-state index contributed by atoms with van der Waals surface area (Å²) >= 11 is 0. The Hall–Kier alpha value is -3.28. The van der Waals surface area contributed by atoms with E-state index in [1.165, 1.54) is 0 Å². The van der Waals surface area contributed by atoms with Gasteiger partial charge in [-0.1, -0.05) is 6.07 Å². The molecule has 25 heavy (non-hydrogen) atoms. The van der Waals surface area contributed by atoms with Crippen molar-refractivity contribution in [1.82, 2.24) is 15.3 Å². The summed E-state index contributed by atoms with van der Waals surface area (Å²) in [7, 11) is 0. The van der Waals surface area contributed by atoms with Crippen LogP contribution in [0.5, 0.6) is 0 Å². The minimum absolute atomic E-state index is 0.306. The lowest BCUT2D eigenvalue weighted by Crippen LogP contribution is -2.41. The van der Waals surface area contributed by atoms with Gasteiger partial charge in [0.1, 0.15) is 6.04 Å². The van der Waals surface area contributed by atoms with Gasteiger partial charge in [0.2, 0.25) is 0 Å². The molecule has 2 aromatic heterocycles. The molecule has 0 bridgehead atoms. The smallest absolute Gasteiger partial charge is 0.326 e. The summed E-state index contributed by atoms with van der Waals surface area (Å²) in [5, 5.41) is 13.8. The molecule has 3 rings (SSSR count). The molecule has 0 saturated carbocycles.